The predicted octanol–water partition coefficient (Wildman–Crippen LogP) is -1.40. The second kappa shape index (κ2) is 1.18. The highest BCUT2D eigenvalue weighted by atomic mass is 16.5. The van der Waals surface area contributed by atoms with Gasteiger partial charge in [-0.05, 0) is 0 Å². The number of hydrogen-bond donors (Lipinski definition) is 3. The van der Waals surface area contributed by atoms with Crippen LogP contribution in [0.15, 0.2) is 5.10 Å². The van der Waals surface area contributed by atoms with Gasteiger partial charge >= 0.3 is 0 Å². The molecule has 0 aromatic heterocycles. The topological polar surface area (TPSA) is 64.8 Å². The van der Waals surface area contributed by atoms with Gasteiger partial charge in [-0.1, -0.05) is 0 Å². The molecular weight excluding hydrogens is 96.0 g/mol. The molecule has 0 bridgehead atoms. The Balaban J connectivity index is 2.49. The molecule has 0 aromatic rings. The molecule has 0 spiro atoms. The Morgan fingerprint density at radius 1 is 1.71 bits per heavy atom. The highest BCUT2D eigenvalue weighted by molar-refractivity contribution is 5.59. The largest absolute Gasteiger partial charge is 0.348 e. The van der Waals surface area contributed by atoms with Crippen molar-refractivity contribution < 1.29 is 10.2 Å². The number of aliphatic hydroxyl groups is 2. The maximum atomic E-state index is 8.51. The number of rotatable bonds is 0. The summed E-state index contributed by atoms with van der Waals surface area (Å²) in [6.45, 7) is 0. The lowest BCUT2D eigenvalue weighted by Crippen LogP contribution is -2.37. The molecule has 0 amide bonds. The third kappa shape index (κ3) is 0.880. The van der Waals surface area contributed by atoms with Crippen LogP contribution in [0, 0.1) is 0 Å². The molecule has 0 atom stereocenters. The molecule has 1 aliphatic rings. The normalized spacial score (nSPS) is 24.9. The summed E-state index contributed by atoms with van der Waals surface area (Å²) in [5.41, 5.74) is 2.08. The van der Waals surface area contributed by atoms with Crippen LogP contribution in [0.5, 0.6) is 0 Å². The minimum atomic E-state index is -1.78. The molecule has 0 saturated heterocycles. The van der Waals surface area contributed by atoms with E-state index >= 15 is 0 Å². The summed E-state index contributed by atoms with van der Waals surface area (Å²) in [6.07, 6.45) is 1.56. The number of nitrogens with one attached hydrogen (secondary N) is 1. The highest BCUT2D eigenvalue weighted by Crippen LogP contribution is 2.02. The van der Waals surface area contributed by atoms with E-state index in [9.17, 15) is 0 Å². The second-order valence-electron chi connectivity index (χ2n) is 1.44. The summed E-state index contributed by atoms with van der Waals surface area (Å²) in [7, 11) is 0. The predicted molar refractivity (Wildman–Crippen MR) is 23.4 cm³/mol. The number of nitrogens with zero attached hydrogens (tertiary/aromatic N) is 1. The maximum absolute atomic E-state index is 8.51. The Morgan fingerprint density at radius 2 is 2.43 bits per heavy atom. The van der Waals surface area contributed by atoms with Crippen molar-refractivity contribution in [2.45, 2.75) is 12.3 Å². The zero-order chi connectivity index (χ0) is 5.33. The Bertz CT molecular complexity index is 89.1. The van der Waals surface area contributed by atoms with Gasteiger partial charge < -0.3 is 10.2 Å². The lowest BCUT2D eigenvalue weighted by Gasteiger charge is -2.11. The van der Waals surface area contributed by atoms with Crippen LogP contribution in [-0.4, -0.2) is 22.3 Å². The zero-order valence-electron chi connectivity index (χ0n) is 3.63. The number of hydrazone groups is 1. The van der Waals surface area contributed by atoms with Crippen molar-refractivity contribution in [2.75, 3.05) is 0 Å². The van der Waals surface area contributed by atoms with Gasteiger partial charge in [0.1, 0.15) is 0 Å². The van der Waals surface area contributed by atoms with Crippen molar-refractivity contribution in [1.82, 2.24) is 5.43 Å². The highest BCUT2D eigenvalue weighted by Gasteiger charge is 2.23. The van der Waals surface area contributed by atoms with Gasteiger partial charge in [0, 0.05) is 6.21 Å². The summed E-state index contributed by atoms with van der Waals surface area (Å²) in [4.78, 5) is 0. The van der Waals surface area contributed by atoms with E-state index in [4.69, 9.17) is 10.2 Å². The Kier molecular flexibility index (Phi) is 0.765. The maximum Gasteiger partial charge on any atom is 0.264 e. The summed E-state index contributed by atoms with van der Waals surface area (Å²) >= 11 is 0. The third-order valence-electron chi connectivity index (χ3n) is 0.711. The lowest BCUT2D eigenvalue weighted by molar-refractivity contribution is -0.171. The first-order valence-corrected chi connectivity index (χ1v) is 1.94. The summed E-state index contributed by atoms with van der Waals surface area (Å²) in [5.74, 6) is -1.78. The minimum Gasteiger partial charge on any atom is -0.348 e. The average Bonchev–Trinajstić information content (AvgIpc) is 1.84. The van der Waals surface area contributed by atoms with Crippen LogP contribution in [-0.2, 0) is 0 Å². The molecule has 1 rings (SSSR count). The van der Waals surface area contributed by atoms with E-state index in [1.807, 2.05) is 0 Å². The van der Waals surface area contributed by atoms with Gasteiger partial charge in [-0.2, -0.15) is 5.10 Å². The van der Waals surface area contributed by atoms with E-state index in [0.717, 1.165) is 0 Å². The molecule has 0 unspecified atom stereocenters. The molecule has 4 heteroatoms. The van der Waals surface area contributed by atoms with Crippen molar-refractivity contribution >= 4 is 6.21 Å². The Hall–Kier alpha value is -0.610. The summed E-state index contributed by atoms with van der Waals surface area (Å²) in [6, 6.07) is 0. The fourth-order valence-corrected chi connectivity index (χ4v) is 0.368. The summed E-state index contributed by atoms with van der Waals surface area (Å²) < 4.78 is 0. The van der Waals surface area contributed by atoms with Crippen LogP contribution >= 0.6 is 0 Å². The van der Waals surface area contributed by atoms with Crippen LogP contribution in [0.2, 0.25) is 0 Å². The zero-order valence-corrected chi connectivity index (χ0v) is 3.63. The first-order valence-electron chi connectivity index (χ1n) is 1.94. The van der Waals surface area contributed by atoms with E-state index in [1.54, 1.807) is 0 Å². The quantitative estimate of drug-likeness (QED) is 0.330. The van der Waals surface area contributed by atoms with Gasteiger partial charge in [0.15, 0.2) is 0 Å². The molecule has 0 aromatic carbocycles. The van der Waals surface area contributed by atoms with Crippen LogP contribution in [0.1, 0.15) is 6.42 Å². The molecule has 4 nitrogen and oxygen atoms in total. The van der Waals surface area contributed by atoms with Gasteiger partial charge in [-0.25, -0.2) is 0 Å². The Labute approximate surface area is 40.5 Å². The third-order valence-corrected chi connectivity index (χ3v) is 0.711. The lowest BCUT2D eigenvalue weighted by atomic mass is 10.4. The van der Waals surface area contributed by atoms with Crippen LogP contribution in [0.3, 0.4) is 0 Å². The van der Waals surface area contributed by atoms with E-state index in [0.29, 0.717) is 0 Å². The van der Waals surface area contributed by atoms with Gasteiger partial charge in [0.25, 0.3) is 5.91 Å². The van der Waals surface area contributed by atoms with Crippen LogP contribution in [0.4, 0.5) is 0 Å². The molecule has 0 saturated carbocycles. The van der Waals surface area contributed by atoms with Gasteiger partial charge in [0.05, 0.1) is 6.42 Å². The van der Waals surface area contributed by atoms with E-state index in [2.05, 4.69) is 10.5 Å². The van der Waals surface area contributed by atoms with Gasteiger partial charge in [-0.3, -0.25) is 5.43 Å². The molecule has 40 valence electrons. The van der Waals surface area contributed by atoms with Crippen molar-refractivity contribution in [1.29, 1.82) is 0 Å². The molecule has 1 heterocycles. The molecular formula is C3H6N2O2. The van der Waals surface area contributed by atoms with Crippen molar-refractivity contribution in [3.63, 3.8) is 0 Å². The molecule has 3 N–H and O–H groups in total. The Morgan fingerprint density at radius 3 is 2.57 bits per heavy atom. The fraction of sp³-hybridized carbons (Fsp3) is 0.667. The monoisotopic (exact) mass is 102 g/mol. The molecule has 0 aliphatic carbocycles. The van der Waals surface area contributed by atoms with E-state index in [1.165, 1.54) is 6.21 Å². The standard InChI is InChI=1S/C3H6N2O2/c6-3(7)1-2-4-5-3/h2,5-7H,1H2. The van der Waals surface area contributed by atoms with E-state index < -0.39 is 5.91 Å². The minimum absolute atomic E-state index is 0.160. The first-order chi connectivity index (χ1) is 3.21. The van der Waals surface area contributed by atoms with Crippen molar-refractivity contribution in [2.24, 2.45) is 5.10 Å². The van der Waals surface area contributed by atoms with Crippen LogP contribution in [0.25, 0.3) is 0 Å². The number of hydrogen-bond acceptors (Lipinski definition) is 4. The summed E-state index contributed by atoms with van der Waals surface area (Å²) in [5, 5.41) is 20.4. The second-order valence-corrected chi connectivity index (χ2v) is 1.44. The molecule has 0 radical (unpaired) electrons. The molecule has 7 heavy (non-hydrogen) atoms. The van der Waals surface area contributed by atoms with E-state index in [-0.39, 0.29) is 6.42 Å². The molecule has 0 fully saturated rings. The fourth-order valence-electron chi connectivity index (χ4n) is 0.368. The average molecular weight is 102 g/mol. The van der Waals surface area contributed by atoms with Crippen molar-refractivity contribution in [3.8, 4) is 0 Å². The first kappa shape index (κ1) is 4.55. The van der Waals surface area contributed by atoms with Crippen molar-refractivity contribution in [3.05, 3.63) is 0 Å². The SMILES string of the molecule is OC1(O)CC=NN1. The van der Waals surface area contributed by atoms with Crippen LogP contribution < -0.4 is 5.43 Å². The van der Waals surface area contributed by atoms with Gasteiger partial charge in [-0.15, -0.1) is 0 Å². The molecule has 1 aliphatic heterocycles. The van der Waals surface area contributed by atoms with Gasteiger partial charge in [0.2, 0.25) is 0 Å². The smallest absolute Gasteiger partial charge is 0.264 e.